The van der Waals surface area contributed by atoms with Gasteiger partial charge in [-0.05, 0) is 62.4 Å². The molecule has 2 N–H and O–H groups in total. The number of nitrogens with one attached hydrogen (secondary N) is 2. The second kappa shape index (κ2) is 6.36. The van der Waals surface area contributed by atoms with Crippen LogP contribution in [0, 0.1) is 3.57 Å². The smallest absolute Gasteiger partial charge is 0.252 e. The first kappa shape index (κ1) is 15.9. The highest BCUT2D eigenvalue weighted by Gasteiger charge is 2.21. The summed E-state index contributed by atoms with van der Waals surface area (Å²) in [5, 5.41) is 5.54. The van der Waals surface area contributed by atoms with Gasteiger partial charge in [-0.2, -0.15) is 0 Å². The Morgan fingerprint density at radius 3 is 2.32 bits per heavy atom. The molecule has 0 aliphatic carbocycles. The standard InChI is InChI=1S/C14H19IN2O2/c1-9(12(18)17-14(2,3)4)16-13(19)10-7-5-6-8-11(10)15/h5-9H,1-4H3,(H,16,19)(H,17,18). The quantitative estimate of drug-likeness (QED) is 0.798. The molecule has 0 radical (unpaired) electrons. The van der Waals surface area contributed by atoms with Crippen LogP contribution in [0.15, 0.2) is 24.3 Å². The van der Waals surface area contributed by atoms with Crippen LogP contribution in [0.5, 0.6) is 0 Å². The fourth-order valence-electron chi connectivity index (χ4n) is 1.46. The minimum absolute atomic E-state index is 0.188. The molecule has 5 heteroatoms. The molecule has 0 aliphatic heterocycles. The Kier molecular flexibility index (Phi) is 5.34. The molecule has 1 aromatic rings. The van der Waals surface area contributed by atoms with Gasteiger partial charge in [-0.25, -0.2) is 0 Å². The van der Waals surface area contributed by atoms with E-state index in [4.69, 9.17) is 0 Å². The van der Waals surface area contributed by atoms with Crippen molar-refractivity contribution in [2.45, 2.75) is 39.3 Å². The third kappa shape index (κ3) is 5.18. The number of hydrogen-bond acceptors (Lipinski definition) is 2. The summed E-state index contributed by atoms with van der Waals surface area (Å²) in [4.78, 5) is 23.9. The van der Waals surface area contributed by atoms with Gasteiger partial charge in [-0.1, -0.05) is 12.1 Å². The molecule has 0 aromatic heterocycles. The third-order valence-corrected chi connectivity index (χ3v) is 3.30. The third-order valence-electron chi connectivity index (χ3n) is 2.36. The Morgan fingerprint density at radius 2 is 1.79 bits per heavy atom. The molecule has 0 spiro atoms. The molecule has 1 rings (SSSR count). The SMILES string of the molecule is CC(NC(=O)c1ccccc1I)C(=O)NC(C)(C)C. The van der Waals surface area contributed by atoms with Crippen molar-refractivity contribution < 1.29 is 9.59 Å². The van der Waals surface area contributed by atoms with Crippen molar-refractivity contribution in [3.8, 4) is 0 Å². The molecule has 0 aliphatic rings. The lowest BCUT2D eigenvalue weighted by molar-refractivity contribution is -0.124. The van der Waals surface area contributed by atoms with Gasteiger partial charge in [0.05, 0.1) is 5.56 Å². The van der Waals surface area contributed by atoms with Crippen LogP contribution >= 0.6 is 22.6 Å². The zero-order valence-corrected chi connectivity index (χ0v) is 13.7. The Balaban J connectivity index is 2.67. The first-order valence-electron chi connectivity index (χ1n) is 6.08. The molecule has 0 saturated heterocycles. The van der Waals surface area contributed by atoms with Gasteiger partial charge in [0.1, 0.15) is 6.04 Å². The summed E-state index contributed by atoms with van der Waals surface area (Å²) < 4.78 is 0.862. The van der Waals surface area contributed by atoms with Gasteiger partial charge >= 0.3 is 0 Å². The number of amides is 2. The summed E-state index contributed by atoms with van der Waals surface area (Å²) in [6, 6.07) is 6.70. The Bertz CT molecular complexity index is 481. The molecule has 0 bridgehead atoms. The summed E-state index contributed by atoms with van der Waals surface area (Å²) in [5.74, 6) is -0.423. The van der Waals surface area contributed by atoms with E-state index in [-0.39, 0.29) is 17.4 Å². The average molecular weight is 374 g/mol. The summed E-state index contributed by atoms with van der Waals surface area (Å²) in [6.07, 6.45) is 0. The van der Waals surface area contributed by atoms with Gasteiger partial charge < -0.3 is 10.6 Å². The number of hydrogen-bond donors (Lipinski definition) is 2. The second-order valence-corrected chi connectivity index (χ2v) is 6.58. The zero-order chi connectivity index (χ0) is 14.6. The molecule has 104 valence electrons. The van der Waals surface area contributed by atoms with Crippen LogP contribution in [0.3, 0.4) is 0 Å². The molecule has 1 unspecified atom stereocenters. The maximum absolute atomic E-state index is 12.1. The van der Waals surface area contributed by atoms with Gasteiger partial charge in [0.2, 0.25) is 5.91 Å². The van der Waals surface area contributed by atoms with Gasteiger partial charge in [0.15, 0.2) is 0 Å². The van der Waals surface area contributed by atoms with E-state index in [1.165, 1.54) is 0 Å². The number of rotatable bonds is 3. The largest absolute Gasteiger partial charge is 0.350 e. The van der Waals surface area contributed by atoms with Crippen molar-refractivity contribution in [3.63, 3.8) is 0 Å². The van der Waals surface area contributed by atoms with Crippen molar-refractivity contribution in [1.82, 2.24) is 10.6 Å². The second-order valence-electron chi connectivity index (χ2n) is 5.41. The van der Waals surface area contributed by atoms with Gasteiger partial charge in [-0.3, -0.25) is 9.59 Å². The average Bonchev–Trinajstić information content (AvgIpc) is 2.27. The number of benzene rings is 1. The van der Waals surface area contributed by atoms with E-state index >= 15 is 0 Å². The normalized spacial score (nSPS) is 12.7. The zero-order valence-electron chi connectivity index (χ0n) is 11.6. The van der Waals surface area contributed by atoms with Crippen LogP contribution in [-0.2, 0) is 4.79 Å². The molecule has 19 heavy (non-hydrogen) atoms. The molecule has 0 fully saturated rings. The Morgan fingerprint density at radius 1 is 1.21 bits per heavy atom. The van der Waals surface area contributed by atoms with Crippen LogP contribution < -0.4 is 10.6 Å². The van der Waals surface area contributed by atoms with Crippen LogP contribution in [0.2, 0.25) is 0 Å². The predicted octanol–water partition coefficient (Wildman–Crippen LogP) is 2.32. The lowest BCUT2D eigenvalue weighted by Gasteiger charge is -2.23. The molecule has 2 amide bonds. The summed E-state index contributed by atoms with van der Waals surface area (Å²) in [6.45, 7) is 7.38. The van der Waals surface area contributed by atoms with Gasteiger partial charge in [0.25, 0.3) is 5.91 Å². The number of halogens is 1. The number of carbonyl (C=O) groups is 2. The van der Waals surface area contributed by atoms with Crippen molar-refractivity contribution >= 4 is 34.4 Å². The highest BCUT2D eigenvalue weighted by atomic mass is 127. The molecule has 4 nitrogen and oxygen atoms in total. The number of carbonyl (C=O) groups excluding carboxylic acids is 2. The maximum atomic E-state index is 12.1. The topological polar surface area (TPSA) is 58.2 Å². The van der Waals surface area contributed by atoms with E-state index < -0.39 is 6.04 Å². The minimum atomic E-state index is -0.567. The van der Waals surface area contributed by atoms with E-state index in [0.717, 1.165) is 3.57 Å². The monoisotopic (exact) mass is 374 g/mol. The van der Waals surface area contributed by atoms with Crippen molar-refractivity contribution in [2.75, 3.05) is 0 Å². The fraction of sp³-hybridized carbons (Fsp3) is 0.429. The Labute approximate surface area is 127 Å². The molecular weight excluding hydrogens is 355 g/mol. The van der Waals surface area contributed by atoms with Gasteiger partial charge in [0, 0.05) is 9.11 Å². The highest BCUT2D eigenvalue weighted by molar-refractivity contribution is 14.1. The predicted molar refractivity (Wildman–Crippen MR) is 84.0 cm³/mol. The van der Waals surface area contributed by atoms with Crippen LogP contribution in [-0.4, -0.2) is 23.4 Å². The lowest BCUT2D eigenvalue weighted by Crippen LogP contribution is -2.50. The molecule has 0 heterocycles. The minimum Gasteiger partial charge on any atom is -0.350 e. The molecule has 1 aromatic carbocycles. The van der Waals surface area contributed by atoms with E-state index in [9.17, 15) is 9.59 Å². The maximum Gasteiger partial charge on any atom is 0.252 e. The Hall–Kier alpha value is -1.11. The van der Waals surface area contributed by atoms with Crippen LogP contribution in [0.25, 0.3) is 0 Å². The van der Waals surface area contributed by atoms with Crippen molar-refractivity contribution in [3.05, 3.63) is 33.4 Å². The van der Waals surface area contributed by atoms with E-state index in [1.54, 1.807) is 19.1 Å². The van der Waals surface area contributed by atoms with Crippen molar-refractivity contribution in [2.24, 2.45) is 0 Å². The summed E-state index contributed by atoms with van der Waals surface area (Å²) in [5.41, 5.74) is 0.274. The van der Waals surface area contributed by atoms with E-state index in [0.29, 0.717) is 5.56 Å². The molecule has 1 atom stereocenters. The molecular formula is C14H19IN2O2. The first-order chi connectivity index (χ1) is 8.70. The van der Waals surface area contributed by atoms with E-state index in [2.05, 4.69) is 33.2 Å². The van der Waals surface area contributed by atoms with Crippen LogP contribution in [0.1, 0.15) is 38.1 Å². The lowest BCUT2D eigenvalue weighted by atomic mass is 10.1. The summed E-state index contributed by atoms with van der Waals surface area (Å²) in [7, 11) is 0. The van der Waals surface area contributed by atoms with E-state index in [1.807, 2.05) is 32.9 Å². The van der Waals surface area contributed by atoms with Crippen LogP contribution in [0.4, 0.5) is 0 Å². The summed E-state index contributed by atoms with van der Waals surface area (Å²) >= 11 is 2.10. The molecule has 0 saturated carbocycles. The van der Waals surface area contributed by atoms with Gasteiger partial charge in [-0.15, -0.1) is 0 Å². The van der Waals surface area contributed by atoms with Crippen molar-refractivity contribution in [1.29, 1.82) is 0 Å². The fourth-order valence-corrected chi connectivity index (χ4v) is 2.10. The highest BCUT2D eigenvalue weighted by Crippen LogP contribution is 2.11. The first-order valence-corrected chi connectivity index (χ1v) is 7.16.